The molecule has 108 valence electrons. The van der Waals surface area contributed by atoms with Crippen LogP contribution in [0.5, 0.6) is 0 Å². The Morgan fingerprint density at radius 1 is 1.10 bits per heavy atom. The van der Waals surface area contributed by atoms with Crippen molar-refractivity contribution in [2.45, 2.75) is 26.4 Å². The molecule has 0 aliphatic carbocycles. The summed E-state index contributed by atoms with van der Waals surface area (Å²) in [5.41, 5.74) is 4.21. The van der Waals surface area contributed by atoms with Crippen LogP contribution in [0.4, 0.5) is 0 Å². The minimum absolute atomic E-state index is 0.504. The number of aliphatic hydroxyl groups is 1. The number of aromatic nitrogens is 2. The average Bonchev–Trinajstić information content (AvgIpc) is 2.73. The van der Waals surface area contributed by atoms with Gasteiger partial charge < -0.3 is 5.11 Å². The van der Waals surface area contributed by atoms with Crippen LogP contribution in [-0.2, 0) is 13.5 Å². The van der Waals surface area contributed by atoms with Crippen molar-refractivity contribution in [3.63, 3.8) is 0 Å². The van der Waals surface area contributed by atoms with Crippen molar-refractivity contribution >= 4 is 10.8 Å². The predicted molar refractivity (Wildman–Crippen MR) is 85.3 cm³/mol. The maximum atomic E-state index is 10.6. The molecule has 3 nitrogen and oxygen atoms in total. The van der Waals surface area contributed by atoms with E-state index in [2.05, 4.69) is 29.4 Å². The second-order valence-corrected chi connectivity index (χ2v) is 5.60. The molecule has 1 atom stereocenters. The molecule has 1 aromatic heterocycles. The van der Waals surface area contributed by atoms with Crippen LogP contribution >= 0.6 is 0 Å². The number of nitrogens with zero attached hydrogens (tertiary/aromatic N) is 2. The van der Waals surface area contributed by atoms with Crippen molar-refractivity contribution in [2.24, 2.45) is 7.05 Å². The summed E-state index contributed by atoms with van der Waals surface area (Å²) >= 11 is 0. The summed E-state index contributed by atoms with van der Waals surface area (Å²) in [7, 11) is 1.94. The highest BCUT2D eigenvalue weighted by atomic mass is 16.3. The molecule has 0 fully saturated rings. The van der Waals surface area contributed by atoms with E-state index in [1.807, 2.05) is 43.8 Å². The number of aryl methyl sites for hydroxylation is 2. The zero-order chi connectivity index (χ0) is 15.0. The Hall–Kier alpha value is -2.13. The van der Waals surface area contributed by atoms with E-state index >= 15 is 0 Å². The van der Waals surface area contributed by atoms with E-state index in [9.17, 15) is 5.11 Å². The summed E-state index contributed by atoms with van der Waals surface area (Å²) in [5, 5.41) is 17.3. The van der Waals surface area contributed by atoms with Gasteiger partial charge in [-0.05, 0) is 41.8 Å². The normalized spacial score (nSPS) is 12.8. The van der Waals surface area contributed by atoms with Gasteiger partial charge >= 0.3 is 0 Å². The highest BCUT2D eigenvalue weighted by molar-refractivity contribution is 5.83. The van der Waals surface area contributed by atoms with Gasteiger partial charge in [-0.15, -0.1) is 0 Å². The zero-order valence-electron chi connectivity index (χ0n) is 12.7. The first-order valence-electron chi connectivity index (χ1n) is 7.22. The van der Waals surface area contributed by atoms with E-state index in [0.29, 0.717) is 6.42 Å². The molecule has 2 aromatic carbocycles. The first kappa shape index (κ1) is 13.8. The second kappa shape index (κ2) is 5.34. The smallest absolute Gasteiger partial charge is 0.0831 e. The van der Waals surface area contributed by atoms with Gasteiger partial charge in [-0.3, -0.25) is 4.68 Å². The van der Waals surface area contributed by atoms with Crippen LogP contribution in [0.1, 0.15) is 28.6 Å². The van der Waals surface area contributed by atoms with Crippen molar-refractivity contribution in [3.05, 3.63) is 65.0 Å². The molecule has 0 bridgehead atoms. The lowest BCUT2D eigenvalue weighted by Gasteiger charge is -2.12. The lowest BCUT2D eigenvalue weighted by atomic mass is 9.98. The highest BCUT2D eigenvalue weighted by Crippen LogP contribution is 2.25. The van der Waals surface area contributed by atoms with Gasteiger partial charge in [0.1, 0.15) is 0 Å². The SMILES string of the molecule is Cc1nn(C)c(C)c1CC(O)c1ccc2ccccc2c1. The Balaban J connectivity index is 1.91. The van der Waals surface area contributed by atoms with Crippen LogP contribution in [0.3, 0.4) is 0 Å². The fraction of sp³-hybridized carbons (Fsp3) is 0.278. The first-order valence-corrected chi connectivity index (χ1v) is 7.22. The van der Waals surface area contributed by atoms with Gasteiger partial charge in [0, 0.05) is 19.2 Å². The summed E-state index contributed by atoms with van der Waals surface area (Å²) in [6.07, 6.45) is 0.0975. The molecule has 3 heteroatoms. The third-order valence-corrected chi connectivity index (χ3v) is 4.21. The Bertz CT molecular complexity index is 789. The van der Waals surface area contributed by atoms with E-state index < -0.39 is 6.10 Å². The summed E-state index contributed by atoms with van der Waals surface area (Å²) in [6, 6.07) is 14.4. The van der Waals surface area contributed by atoms with Gasteiger partial charge in [-0.1, -0.05) is 36.4 Å². The largest absolute Gasteiger partial charge is 0.388 e. The van der Waals surface area contributed by atoms with E-state index in [1.54, 1.807) is 0 Å². The van der Waals surface area contributed by atoms with Crippen molar-refractivity contribution in [1.82, 2.24) is 9.78 Å². The quantitative estimate of drug-likeness (QED) is 0.797. The Kier molecular flexibility index (Phi) is 3.52. The fourth-order valence-electron chi connectivity index (χ4n) is 2.84. The molecule has 3 rings (SSSR count). The van der Waals surface area contributed by atoms with Crippen LogP contribution in [0.15, 0.2) is 42.5 Å². The Morgan fingerprint density at radius 2 is 1.81 bits per heavy atom. The molecule has 21 heavy (non-hydrogen) atoms. The van der Waals surface area contributed by atoms with E-state index in [0.717, 1.165) is 27.9 Å². The molecule has 1 N–H and O–H groups in total. The topological polar surface area (TPSA) is 38.0 Å². The maximum absolute atomic E-state index is 10.6. The third kappa shape index (κ3) is 2.57. The molecule has 1 unspecified atom stereocenters. The maximum Gasteiger partial charge on any atom is 0.0831 e. The van der Waals surface area contributed by atoms with Crippen molar-refractivity contribution in [2.75, 3.05) is 0 Å². The summed E-state index contributed by atoms with van der Waals surface area (Å²) in [6.45, 7) is 4.04. The molecule has 0 radical (unpaired) electrons. The van der Waals surface area contributed by atoms with E-state index in [4.69, 9.17) is 0 Å². The van der Waals surface area contributed by atoms with Crippen LogP contribution in [0.25, 0.3) is 10.8 Å². The molecule has 0 aliphatic heterocycles. The lowest BCUT2D eigenvalue weighted by molar-refractivity contribution is 0.178. The first-order chi connectivity index (χ1) is 10.1. The zero-order valence-corrected chi connectivity index (χ0v) is 12.7. The monoisotopic (exact) mass is 280 g/mol. The number of fused-ring (bicyclic) bond motifs is 1. The highest BCUT2D eigenvalue weighted by Gasteiger charge is 2.15. The van der Waals surface area contributed by atoms with Crippen molar-refractivity contribution in [1.29, 1.82) is 0 Å². The summed E-state index contributed by atoms with van der Waals surface area (Å²) in [5.74, 6) is 0. The van der Waals surface area contributed by atoms with Gasteiger partial charge in [0.2, 0.25) is 0 Å². The molecule has 0 saturated carbocycles. The van der Waals surface area contributed by atoms with Crippen LogP contribution in [-0.4, -0.2) is 14.9 Å². The molecule has 0 saturated heterocycles. The minimum Gasteiger partial charge on any atom is -0.388 e. The number of hydrogen-bond acceptors (Lipinski definition) is 2. The van der Waals surface area contributed by atoms with Crippen LogP contribution < -0.4 is 0 Å². The standard InChI is InChI=1S/C18H20N2O/c1-12-17(13(2)20(3)19-12)11-18(21)16-9-8-14-6-4-5-7-15(14)10-16/h4-10,18,21H,11H2,1-3H3. The van der Waals surface area contributed by atoms with Crippen molar-refractivity contribution < 1.29 is 5.11 Å². The van der Waals surface area contributed by atoms with E-state index in [1.165, 1.54) is 5.39 Å². The van der Waals surface area contributed by atoms with Gasteiger partial charge in [0.15, 0.2) is 0 Å². The molecule has 0 spiro atoms. The van der Waals surface area contributed by atoms with Gasteiger partial charge in [0.05, 0.1) is 11.8 Å². The molecule has 3 aromatic rings. The Morgan fingerprint density at radius 3 is 2.48 bits per heavy atom. The third-order valence-electron chi connectivity index (χ3n) is 4.21. The molecule has 0 aliphatic rings. The second-order valence-electron chi connectivity index (χ2n) is 5.60. The number of hydrogen-bond donors (Lipinski definition) is 1. The summed E-state index contributed by atoms with van der Waals surface area (Å²) < 4.78 is 1.87. The van der Waals surface area contributed by atoms with Crippen LogP contribution in [0.2, 0.25) is 0 Å². The van der Waals surface area contributed by atoms with Crippen LogP contribution in [0, 0.1) is 13.8 Å². The number of benzene rings is 2. The van der Waals surface area contributed by atoms with Gasteiger partial charge in [0.25, 0.3) is 0 Å². The number of rotatable bonds is 3. The van der Waals surface area contributed by atoms with Gasteiger partial charge in [-0.25, -0.2) is 0 Å². The minimum atomic E-state index is -0.504. The van der Waals surface area contributed by atoms with Crippen molar-refractivity contribution in [3.8, 4) is 0 Å². The fourth-order valence-corrected chi connectivity index (χ4v) is 2.84. The van der Waals surface area contributed by atoms with E-state index in [-0.39, 0.29) is 0 Å². The molecular formula is C18H20N2O. The average molecular weight is 280 g/mol. The lowest BCUT2D eigenvalue weighted by Crippen LogP contribution is -2.04. The predicted octanol–water partition coefficient (Wildman–Crippen LogP) is 3.47. The molecular weight excluding hydrogens is 260 g/mol. The molecule has 0 amide bonds. The van der Waals surface area contributed by atoms with Gasteiger partial charge in [-0.2, -0.15) is 5.10 Å². The molecule has 1 heterocycles. The number of aliphatic hydroxyl groups excluding tert-OH is 1. The summed E-state index contributed by atoms with van der Waals surface area (Å²) in [4.78, 5) is 0. The Labute approximate surface area is 124 Å².